The van der Waals surface area contributed by atoms with Crippen LogP contribution in [0, 0.1) is 29.6 Å². The van der Waals surface area contributed by atoms with Crippen molar-refractivity contribution in [2.24, 2.45) is 29.6 Å². The van der Waals surface area contributed by atoms with Gasteiger partial charge in [-0.1, -0.05) is 41.5 Å². The number of rotatable bonds is 12. The average molecular weight is 707 g/mol. The molecule has 2 N–H and O–H groups in total. The largest absolute Gasteiger partial charge is 0.508 e. The van der Waals surface area contributed by atoms with Crippen LogP contribution in [0.15, 0.2) is 0 Å². The molecule has 0 radical (unpaired) electrons. The normalized spacial score (nSPS) is 24.7. The topological polar surface area (TPSA) is 178 Å². The number of hydrogen-bond donors (Lipinski definition) is 2. The van der Waals surface area contributed by atoms with Gasteiger partial charge >= 0.3 is 17.7 Å². The third-order valence-electron chi connectivity index (χ3n) is 8.84. The van der Waals surface area contributed by atoms with Crippen molar-refractivity contribution in [1.29, 1.82) is 0 Å². The maximum atomic E-state index is 13.0. The number of aliphatic hydroxyl groups excluding tert-OH is 2. The van der Waals surface area contributed by atoms with Gasteiger partial charge in [-0.25, -0.2) is 14.4 Å². The molecule has 6 rings (SSSR count). The monoisotopic (exact) mass is 706 g/mol. The Morgan fingerprint density at radius 1 is 0.646 bits per heavy atom. The number of Topliss-reactive ketones (excluding diaryl/α,β-unsaturated/α-hetero) is 2. The number of carbonyl (C=O) groups excluding carboxylic acids is 5. The van der Waals surface area contributed by atoms with Gasteiger partial charge in [0.1, 0.15) is 24.3 Å². The summed E-state index contributed by atoms with van der Waals surface area (Å²) in [5.41, 5.74) is -2.84. The lowest BCUT2D eigenvalue weighted by Gasteiger charge is -2.51. The van der Waals surface area contributed by atoms with Gasteiger partial charge in [0.15, 0.2) is 11.6 Å². The van der Waals surface area contributed by atoms with Crippen molar-refractivity contribution in [3.63, 3.8) is 0 Å². The van der Waals surface area contributed by atoms with E-state index in [4.69, 9.17) is 30.5 Å². The van der Waals surface area contributed by atoms with Crippen LogP contribution in [0.1, 0.15) is 67.2 Å². The first-order valence-corrected chi connectivity index (χ1v) is 17.2. The van der Waals surface area contributed by atoms with Crippen LogP contribution in [0.3, 0.4) is 0 Å². The van der Waals surface area contributed by atoms with Gasteiger partial charge in [0, 0.05) is 36.5 Å². The molecule has 0 aromatic rings. The lowest BCUT2D eigenvalue weighted by atomic mass is 9.74. The number of ether oxygens (including phenoxy) is 5. The van der Waals surface area contributed by atoms with E-state index in [2.05, 4.69) is 4.74 Å². The van der Waals surface area contributed by atoms with Crippen molar-refractivity contribution in [2.75, 3.05) is 72.4 Å². The van der Waals surface area contributed by atoms with E-state index in [1.807, 2.05) is 51.3 Å². The van der Waals surface area contributed by atoms with E-state index in [0.717, 1.165) is 38.8 Å². The molecule has 0 aromatic carbocycles. The molecular formula is C33H55ClN2O12. The van der Waals surface area contributed by atoms with Crippen molar-refractivity contribution in [2.45, 2.75) is 78.3 Å². The number of hydrogen-bond acceptors (Lipinski definition) is 14. The highest BCUT2D eigenvalue weighted by molar-refractivity contribution is 6.61. The van der Waals surface area contributed by atoms with Crippen LogP contribution in [-0.4, -0.2) is 133 Å². The molecule has 0 atom stereocenters. The molecule has 6 saturated heterocycles. The molecule has 276 valence electrons. The molecule has 15 heteroatoms. The number of ketones is 2. The highest BCUT2D eigenvalue weighted by Crippen LogP contribution is 2.37. The second-order valence-electron chi connectivity index (χ2n) is 14.1. The summed E-state index contributed by atoms with van der Waals surface area (Å²) in [7, 11) is 0. The first-order valence-electron chi connectivity index (χ1n) is 16.8. The fourth-order valence-electron chi connectivity index (χ4n) is 6.12. The van der Waals surface area contributed by atoms with Gasteiger partial charge in [-0.05, 0) is 56.5 Å². The third kappa shape index (κ3) is 11.5. The van der Waals surface area contributed by atoms with Gasteiger partial charge < -0.3 is 33.9 Å². The molecule has 6 aliphatic rings. The van der Waals surface area contributed by atoms with Crippen LogP contribution in [-0.2, 0) is 33.3 Å². The fraction of sp³-hybridized carbons (Fsp3) is 0.848. The molecule has 0 amide bonds. The van der Waals surface area contributed by atoms with Gasteiger partial charge in [-0.2, -0.15) is 0 Å². The van der Waals surface area contributed by atoms with Crippen LogP contribution in [0.25, 0.3) is 0 Å². The van der Waals surface area contributed by atoms with Crippen LogP contribution in [0.4, 0.5) is 14.4 Å². The minimum absolute atomic E-state index is 0.0370. The minimum atomic E-state index is -1.16. The second-order valence-corrected chi connectivity index (χ2v) is 14.4. The molecule has 0 aliphatic carbocycles. The summed E-state index contributed by atoms with van der Waals surface area (Å²) in [5.74, 6) is 0.689. The van der Waals surface area contributed by atoms with E-state index in [1.54, 1.807) is 0 Å². The zero-order valence-electron chi connectivity index (χ0n) is 29.2. The maximum absolute atomic E-state index is 13.0. The Hall–Kier alpha value is -2.52. The molecule has 4 bridgehead atoms. The predicted molar refractivity (Wildman–Crippen MR) is 175 cm³/mol. The number of halogens is 1. The van der Waals surface area contributed by atoms with Crippen molar-refractivity contribution in [3.05, 3.63) is 0 Å². The molecule has 6 fully saturated rings. The van der Waals surface area contributed by atoms with E-state index in [9.17, 15) is 34.2 Å². The number of fused-ring (bicyclic) bond motifs is 6. The van der Waals surface area contributed by atoms with Gasteiger partial charge in [0.05, 0.1) is 33.0 Å². The molecule has 6 aliphatic heterocycles. The molecule has 0 saturated carbocycles. The highest BCUT2D eigenvalue weighted by atomic mass is 35.5. The fourth-order valence-corrected chi connectivity index (χ4v) is 6.19. The Bertz CT molecular complexity index is 1040. The number of nitrogens with zero attached hydrogens (tertiary/aromatic N) is 2. The van der Waals surface area contributed by atoms with Crippen molar-refractivity contribution in [1.82, 2.24) is 9.80 Å². The maximum Gasteiger partial charge on any atom is 0.508 e. The zero-order chi connectivity index (χ0) is 36.1. The SMILES string of the molecule is CC(C)COC(=O)Cl.CC(C)COC(=O)OCC1(COC(=O)OCC(C)C)C(=O)C2CCN1CC2.O=C1C2CCN(CC2)C1(CO)CO. The summed E-state index contributed by atoms with van der Waals surface area (Å²) < 4.78 is 24.9. The molecule has 48 heavy (non-hydrogen) atoms. The first kappa shape index (κ1) is 41.7. The second kappa shape index (κ2) is 19.6. The van der Waals surface area contributed by atoms with Crippen molar-refractivity contribution in [3.8, 4) is 0 Å². The Morgan fingerprint density at radius 2 is 0.979 bits per heavy atom. The molecule has 14 nitrogen and oxygen atoms in total. The van der Waals surface area contributed by atoms with Crippen LogP contribution < -0.4 is 0 Å². The predicted octanol–water partition coefficient (Wildman–Crippen LogP) is 3.66. The van der Waals surface area contributed by atoms with Gasteiger partial charge in [0.2, 0.25) is 0 Å². The number of carbonyl (C=O) groups is 5. The van der Waals surface area contributed by atoms with Crippen molar-refractivity contribution < 1.29 is 57.9 Å². The molecule has 0 unspecified atom stereocenters. The lowest BCUT2D eigenvalue weighted by Crippen LogP contribution is -2.69. The van der Waals surface area contributed by atoms with E-state index in [-0.39, 0.29) is 74.9 Å². The zero-order valence-corrected chi connectivity index (χ0v) is 30.0. The summed E-state index contributed by atoms with van der Waals surface area (Å²) >= 11 is 4.86. The smallest absolute Gasteiger partial charge is 0.453 e. The van der Waals surface area contributed by atoms with Gasteiger partial charge in [0.25, 0.3) is 0 Å². The number of aliphatic hydroxyl groups is 2. The Balaban J connectivity index is 0.000000312. The summed E-state index contributed by atoms with van der Waals surface area (Å²) in [5, 5.41) is 18.4. The van der Waals surface area contributed by atoms with E-state index in [1.165, 1.54) is 0 Å². The lowest BCUT2D eigenvalue weighted by molar-refractivity contribution is -0.158. The quantitative estimate of drug-likeness (QED) is 0.171. The number of piperidine rings is 6. The molecule has 0 spiro atoms. The van der Waals surface area contributed by atoms with Crippen LogP contribution in [0.2, 0.25) is 0 Å². The van der Waals surface area contributed by atoms with Crippen LogP contribution >= 0.6 is 11.6 Å². The molecular weight excluding hydrogens is 652 g/mol. The minimum Gasteiger partial charge on any atom is -0.453 e. The van der Waals surface area contributed by atoms with E-state index in [0.29, 0.717) is 25.6 Å². The van der Waals surface area contributed by atoms with Crippen molar-refractivity contribution >= 4 is 40.9 Å². The Morgan fingerprint density at radius 3 is 1.23 bits per heavy atom. The summed E-state index contributed by atoms with van der Waals surface area (Å²) in [4.78, 5) is 62.2. The van der Waals surface area contributed by atoms with Crippen LogP contribution in [0.5, 0.6) is 0 Å². The van der Waals surface area contributed by atoms with Gasteiger partial charge in [-0.3, -0.25) is 19.4 Å². The molecule has 0 aromatic heterocycles. The molecule has 6 heterocycles. The summed E-state index contributed by atoms with van der Waals surface area (Å²) in [6.45, 7) is 14.6. The Kier molecular flexibility index (Phi) is 17.0. The average Bonchev–Trinajstić information content (AvgIpc) is 3.06. The van der Waals surface area contributed by atoms with E-state index >= 15 is 0 Å². The highest BCUT2D eigenvalue weighted by Gasteiger charge is 2.55. The van der Waals surface area contributed by atoms with E-state index < -0.39 is 28.8 Å². The van der Waals surface area contributed by atoms with Gasteiger partial charge in [-0.15, -0.1) is 0 Å². The standard InChI is InChI=1S/C19H31NO7.C9H15NO3.C5H9ClO2/c1-13(2)9-24-17(22)26-11-19(12-27-18(23)25-10-14(3)4)16(21)15-5-7-20(19)8-6-15;11-5-9(6-12)8(13)7-1-3-10(9)4-2-7;1-4(2)3-8-5(6)7/h13-15H,5-12H2,1-4H3;7,11-12H,1-6H2;4H,3H2,1-2H3. The summed E-state index contributed by atoms with van der Waals surface area (Å²) in [6, 6.07) is 0. The Labute approximate surface area is 288 Å². The summed E-state index contributed by atoms with van der Waals surface area (Å²) in [6.07, 6.45) is 1.69. The first-order chi connectivity index (χ1) is 22.6. The third-order valence-corrected chi connectivity index (χ3v) is 8.95.